The molecule has 0 spiro atoms. The fraction of sp³-hybridized carbons (Fsp3) is 0.333. The number of halogens is 1. The minimum Gasteiger partial charge on any atom is -0.317 e. The molecule has 0 aliphatic carbocycles. The van der Waals surface area contributed by atoms with Crippen molar-refractivity contribution in [1.82, 2.24) is 9.88 Å². The largest absolute Gasteiger partial charge is 0.317 e. The second kappa shape index (κ2) is 5.83. The number of para-hydroxylation sites is 1. The first kappa shape index (κ1) is 12.8. The average molecular weight is 246 g/mol. The lowest BCUT2D eigenvalue weighted by molar-refractivity contribution is 0.543. The van der Waals surface area contributed by atoms with E-state index in [1.54, 1.807) is 12.1 Å². The number of hydrogen-bond donors (Lipinski definition) is 1. The van der Waals surface area contributed by atoms with Crippen LogP contribution in [0.25, 0.3) is 5.69 Å². The highest BCUT2D eigenvalue weighted by Crippen LogP contribution is 2.16. The third-order valence-electron chi connectivity index (χ3n) is 2.80. The van der Waals surface area contributed by atoms with Gasteiger partial charge in [-0.15, -0.1) is 0 Å². The van der Waals surface area contributed by atoms with Crippen molar-refractivity contribution in [2.24, 2.45) is 5.92 Å². The fourth-order valence-corrected chi connectivity index (χ4v) is 1.93. The Morgan fingerprint density at radius 3 is 2.67 bits per heavy atom. The van der Waals surface area contributed by atoms with E-state index in [1.807, 2.05) is 29.0 Å². The molecule has 1 aromatic carbocycles. The molecule has 0 saturated heterocycles. The monoisotopic (exact) mass is 246 g/mol. The van der Waals surface area contributed by atoms with E-state index >= 15 is 0 Å². The average Bonchev–Trinajstić information content (AvgIpc) is 2.77. The molecular formula is C15H19FN2. The highest BCUT2D eigenvalue weighted by molar-refractivity contribution is 5.36. The van der Waals surface area contributed by atoms with Crippen molar-refractivity contribution < 1.29 is 4.39 Å². The number of nitrogens with one attached hydrogen (secondary N) is 1. The highest BCUT2D eigenvalue weighted by atomic mass is 19.1. The van der Waals surface area contributed by atoms with Crippen molar-refractivity contribution in [3.05, 3.63) is 54.1 Å². The predicted octanol–water partition coefficient (Wildman–Crippen LogP) is 3.36. The summed E-state index contributed by atoms with van der Waals surface area (Å²) in [5.74, 6) is 0.417. The Morgan fingerprint density at radius 2 is 1.94 bits per heavy atom. The first-order valence-electron chi connectivity index (χ1n) is 6.30. The maximum Gasteiger partial charge on any atom is 0.147 e. The maximum absolute atomic E-state index is 13.7. The number of rotatable bonds is 5. The SMILES string of the molecule is CC(C)CNCc1cccn1-c1ccccc1F. The van der Waals surface area contributed by atoms with Gasteiger partial charge in [-0.2, -0.15) is 0 Å². The Labute approximate surface area is 107 Å². The molecule has 0 aliphatic heterocycles. The van der Waals surface area contributed by atoms with Gasteiger partial charge in [0.1, 0.15) is 5.82 Å². The smallest absolute Gasteiger partial charge is 0.147 e. The van der Waals surface area contributed by atoms with Gasteiger partial charge < -0.3 is 9.88 Å². The first-order chi connectivity index (χ1) is 8.68. The van der Waals surface area contributed by atoms with Crippen molar-refractivity contribution >= 4 is 0 Å². The molecule has 0 fully saturated rings. The van der Waals surface area contributed by atoms with Gasteiger partial charge in [-0.1, -0.05) is 26.0 Å². The van der Waals surface area contributed by atoms with E-state index in [2.05, 4.69) is 19.2 Å². The van der Waals surface area contributed by atoms with Gasteiger partial charge in [0.15, 0.2) is 0 Å². The zero-order valence-corrected chi connectivity index (χ0v) is 10.9. The van der Waals surface area contributed by atoms with Gasteiger partial charge in [-0.25, -0.2) is 4.39 Å². The highest BCUT2D eigenvalue weighted by Gasteiger charge is 2.07. The van der Waals surface area contributed by atoms with Crippen molar-refractivity contribution in [2.45, 2.75) is 20.4 Å². The Balaban J connectivity index is 2.15. The predicted molar refractivity (Wildman–Crippen MR) is 72.3 cm³/mol. The molecule has 18 heavy (non-hydrogen) atoms. The van der Waals surface area contributed by atoms with Crippen LogP contribution in [0.5, 0.6) is 0 Å². The van der Waals surface area contributed by atoms with Crippen LogP contribution in [0.15, 0.2) is 42.6 Å². The molecule has 2 nitrogen and oxygen atoms in total. The Bertz CT molecular complexity index is 503. The number of aromatic nitrogens is 1. The topological polar surface area (TPSA) is 17.0 Å². The summed E-state index contributed by atoms with van der Waals surface area (Å²) in [5, 5.41) is 3.37. The quantitative estimate of drug-likeness (QED) is 0.856. The first-order valence-corrected chi connectivity index (χ1v) is 6.30. The van der Waals surface area contributed by atoms with Gasteiger partial charge in [0.05, 0.1) is 5.69 Å². The van der Waals surface area contributed by atoms with Crippen LogP contribution >= 0.6 is 0 Å². The molecule has 0 radical (unpaired) electrons. The van der Waals surface area contributed by atoms with E-state index in [-0.39, 0.29) is 5.82 Å². The molecule has 1 aromatic heterocycles. The van der Waals surface area contributed by atoms with Gasteiger partial charge in [0.25, 0.3) is 0 Å². The van der Waals surface area contributed by atoms with Gasteiger partial charge in [-0.3, -0.25) is 0 Å². The molecule has 1 heterocycles. The molecule has 0 aliphatic rings. The van der Waals surface area contributed by atoms with Crippen molar-refractivity contribution in [1.29, 1.82) is 0 Å². The second-order valence-electron chi connectivity index (χ2n) is 4.85. The molecule has 0 saturated carbocycles. The van der Waals surface area contributed by atoms with Gasteiger partial charge in [0.2, 0.25) is 0 Å². The standard InChI is InChI=1S/C15H19FN2/c1-12(2)10-17-11-13-6-5-9-18(13)15-8-4-3-7-14(15)16/h3-9,12,17H,10-11H2,1-2H3. The Kier molecular flexibility index (Phi) is 4.15. The summed E-state index contributed by atoms with van der Waals surface area (Å²) >= 11 is 0. The Hall–Kier alpha value is -1.61. The Morgan fingerprint density at radius 1 is 1.17 bits per heavy atom. The number of benzene rings is 1. The normalized spacial score (nSPS) is 11.1. The summed E-state index contributed by atoms with van der Waals surface area (Å²) < 4.78 is 15.6. The van der Waals surface area contributed by atoms with E-state index in [4.69, 9.17) is 0 Å². The van der Waals surface area contributed by atoms with Gasteiger partial charge in [-0.05, 0) is 36.7 Å². The van der Waals surface area contributed by atoms with Crippen LogP contribution in [0.1, 0.15) is 19.5 Å². The molecule has 0 amide bonds. The number of nitrogens with zero attached hydrogens (tertiary/aromatic N) is 1. The molecule has 0 atom stereocenters. The van der Waals surface area contributed by atoms with Crippen molar-refractivity contribution in [3.63, 3.8) is 0 Å². The van der Waals surface area contributed by atoms with E-state index < -0.39 is 0 Å². The van der Waals surface area contributed by atoms with Crippen LogP contribution in [0, 0.1) is 11.7 Å². The summed E-state index contributed by atoms with van der Waals surface area (Å²) in [4.78, 5) is 0. The van der Waals surface area contributed by atoms with Crippen molar-refractivity contribution in [3.8, 4) is 5.69 Å². The van der Waals surface area contributed by atoms with Gasteiger partial charge in [0, 0.05) is 18.4 Å². The lowest BCUT2D eigenvalue weighted by Crippen LogP contribution is -2.20. The summed E-state index contributed by atoms with van der Waals surface area (Å²) in [6.45, 7) is 6.05. The minimum absolute atomic E-state index is 0.196. The van der Waals surface area contributed by atoms with Gasteiger partial charge >= 0.3 is 0 Å². The third-order valence-corrected chi connectivity index (χ3v) is 2.80. The van der Waals surface area contributed by atoms with E-state index in [0.29, 0.717) is 11.6 Å². The minimum atomic E-state index is -0.196. The molecule has 1 N–H and O–H groups in total. The molecule has 3 heteroatoms. The summed E-state index contributed by atoms with van der Waals surface area (Å²) in [5.41, 5.74) is 1.67. The summed E-state index contributed by atoms with van der Waals surface area (Å²) in [6.07, 6.45) is 1.89. The second-order valence-corrected chi connectivity index (χ2v) is 4.85. The van der Waals surface area contributed by atoms with Crippen LogP contribution in [0.2, 0.25) is 0 Å². The van der Waals surface area contributed by atoms with Crippen LogP contribution in [-0.4, -0.2) is 11.1 Å². The van der Waals surface area contributed by atoms with E-state index in [0.717, 1.165) is 18.8 Å². The zero-order chi connectivity index (χ0) is 13.0. The van der Waals surface area contributed by atoms with Crippen molar-refractivity contribution in [2.75, 3.05) is 6.54 Å². The van der Waals surface area contributed by atoms with E-state index in [9.17, 15) is 4.39 Å². The molecule has 0 unspecified atom stereocenters. The van der Waals surface area contributed by atoms with Crippen LogP contribution in [0.3, 0.4) is 0 Å². The maximum atomic E-state index is 13.7. The van der Waals surface area contributed by atoms with Crippen LogP contribution < -0.4 is 5.32 Å². The summed E-state index contributed by atoms with van der Waals surface area (Å²) in [6, 6.07) is 10.8. The fourth-order valence-electron chi connectivity index (χ4n) is 1.93. The number of hydrogen-bond acceptors (Lipinski definition) is 1. The molecule has 2 aromatic rings. The molecule has 96 valence electrons. The molecule has 0 bridgehead atoms. The molecular weight excluding hydrogens is 227 g/mol. The van der Waals surface area contributed by atoms with Crippen LogP contribution in [0.4, 0.5) is 4.39 Å². The van der Waals surface area contributed by atoms with Crippen LogP contribution in [-0.2, 0) is 6.54 Å². The lowest BCUT2D eigenvalue weighted by Gasteiger charge is -2.12. The molecule has 2 rings (SSSR count). The van der Waals surface area contributed by atoms with E-state index in [1.165, 1.54) is 6.07 Å². The lowest BCUT2D eigenvalue weighted by atomic mass is 10.2. The zero-order valence-electron chi connectivity index (χ0n) is 10.9. The third kappa shape index (κ3) is 2.99. The summed E-state index contributed by atoms with van der Waals surface area (Å²) in [7, 11) is 0.